The number of benzene rings is 1. The number of rotatable bonds is 5. The van der Waals surface area contributed by atoms with Gasteiger partial charge in [-0.05, 0) is 31.4 Å². The Morgan fingerprint density at radius 2 is 2.24 bits per heavy atom. The molecular weight excluding hydrogens is 212 g/mol. The van der Waals surface area contributed by atoms with Gasteiger partial charge in [-0.3, -0.25) is 4.79 Å². The molecule has 1 aromatic carbocycles. The third-order valence-electron chi connectivity index (χ3n) is 2.80. The van der Waals surface area contributed by atoms with Crippen molar-refractivity contribution in [3.8, 4) is 0 Å². The molecule has 2 N–H and O–H groups in total. The number of carbonyl (C=O) groups excluding carboxylic acids is 1. The van der Waals surface area contributed by atoms with Gasteiger partial charge in [-0.1, -0.05) is 18.2 Å². The lowest BCUT2D eigenvalue weighted by Gasteiger charge is -2.18. The van der Waals surface area contributed by atoms with Gasteiger partial charge in [-0.15, -0.1) is 6.58 Å². The van der Waals surface area contributed by atoms with Gasteiger partial charge in [-0.2, -0.15) is 0 Å². The summed E-state index contributed by atoms with van der Waals surface area (Å²) in [5.41, 5.74) is 8.02. The van der Waals surface area contributed by atoms with Crippen molar-refractivity contribution in [3.05, 3.63) is 42.0 Å². The highest BCUT2D eigenvalue weighted by atomic mass is 16.2. The number of anilines is 1. The van der Waals surface area contributed by atoms with Crippen LogP contribution in [0.5, 0.6) is 0 Å². The normalized spacial score (nSPS) is 10.0. The number of hydrogen-bond acceptors (Lipinski definition) is 2. The Labute approximate surface area is 103 Å². The van der Waals surface area contributed by atoms with Gasteiger partial charge in [0.05, 0.1) is 5.56 Å². The molecule has 1 amide bonds. The summed E-state index contributed by atoms with van der Waals surface area (Å²) >= 11 is 0. The summed E-state index contributed by atoms with van der Waals surface area (Å²) in [6.45, 7) is 6.29. The van der Waals surface area contributed by atoms with Crippen molar-refractivity contribution >= 4 is 11.6 Å². The first kappa shape index (κ1) is 13.3. The van der Waals surface area contributed by atoms with E-state index in [0.29, 0.717) is 11.3 Å². The van der Waals surface area contributed by atoms with E-state index in [0.717, 1.165) is 24.9 Å². The van der Waals surface area contributed by atoms with Crippen molar-refractivity contribution in [3.63, 3.8) is 0 Å². The molecule has 1 aromatic rings. The minimum absolute atomic E-state index is 0.0183. The number of hydrogen-bond donors (Lipinski definition) is 1. The molecule has 0 atom stereocenters. The molecule has 3 nitrogen and oxygen atoms in total. The SMILES string of the molecule is C=CCCCN(C)C(=O)c1cccc(C)c1N. The van der Waals surface area contributed by atoms with E-state index >= 15 is 0 Å². The molecule has 0 saturated heterocycles. The van der Waals surface area contributed by atoms with E-state index in [-0.39, 0.29) is 5.91 Å². The Kier molecular flexibility index (Phi) is 4.76. The van der Waals surface area contributed by atoms with Crippen molar-refractivity contribution in [2.24, 2.45) is 0 Å². The Morgan fingerprint density at radius 1 is 1.53 bits per heavy atom. The third-order valence-corrected chi connectivity index (χ3v) is 2.80. The van der Waals surface area contributed by atoms with Gasteiger partial charge in [0.15, 0.2) is 0 Å². The van der Waals surface area contributed by atoms with E-state index < -0.39 is 0 Å². The second-order valence-corrected chi connectivity index (χ2v) is 4.19. The van der Waals surface area contributed by atoms with Crippen molar-refractivity contribution in [2.45, 2.75) is 19.8 Å². The molecule has 17 heavy (non-hydrogen) atoms. The lowest BCUT2D eigenvalue weighted by Crippen LogP contribution is -2.28. The number of carbonyl (C=O) groups is 1. The van der Waals surface area contributed by atoms with Crippen LogP contribution in [0.15, 0.2) is 30.9 Å². The van der Waals surface area contributed by atoms with Crippen LogP contribution in [0.25, 0.3) is 0 Å². The van der Waals surface area contributed by atoms with Crippen LogP contribution in [-0.4, -0.2) is 24.4 Å². The fraction of sp³-hybridized carbons (Fsp3) is 0.357. The van der Waals surface area contributed by atoms with Gasteiger partial charge in [-0.25, -0.2) is 0 Å². The van der Waals surface area contributed by atoms with Crippen LogP contribution < -0.4 is 5.73 Å². The number of para-hydroxylation sites is 1. The summed E-state index contributed by atoms with van der Waals surface area (Å²) in [4.78, 5) is 13.8. The number of aryl methyl sites for hydroxylation is 1. The van der Waals surface area contributed by atoms with Gasteiger partial charge in [0.25, 0.3) is 5.91 Å². The number of nitrogens with two attached hydrogens (primary N) is 1. The van der Waals surface area contributed by atoms with Gasteiger partial charge < -0.3 is 10.6 Å². The summed E-state index contributed by atoms with van der Waals surface area (Å²) < 4.78 is 0. The van der Waals surface area contributed by atoms with Crippen LogP contribution in [0, 0.1) is 6.92 Å². The van der Waals surface area contributed by atoms with E-state index in [4.69, 9.17) is 5.73 Å². The molecule has 0 aliphatic carbocycles. The fourth-order valence-electron chi connectivity index (χ4n) is 1.65. The molecule has 0 heterocycles. The molecule has 0 aromatic heterocycles. The minimum atomic E-state index is -0.0183. The van der Waals surface area contributed by atoms with Crippen LogP contribution >= 0.6 is 0 Å². The smallest absolute Gasteiger partial charge is 0.255 e. The zero-order valence-corrected chi connectivity index (χ0v) is 10.6. The van der Waals surface area contributed by atoms with E-state index in [9.17, 15) is 4.79 Å². The topological polar surface area (TPSA) is 46.3 Å². The Balaban J connectivity index is 2.75. The fourth-order valence-corrected chi connectivity index (χ4v) is 1.65. The molecule has 92 valence electrons. The maximum atomic E-state index is 12.1. The lowest BCUT2D eigenvalue weighted by molar-refractivity contribution is 0.0795. The number of allylic oxidation sites excluding steroid dienone is 1. The first-order valence-electron chi connectivity index (χ1n) is 5.79. The van der Waals surface area contributed by atoms with E-state index in [2.05, 4.69) is 6.58 Å². The maximum Gasteiger partial charge on any atom is 0.255 e. The molecule has 3 heteroatoms. The number of nitrogens with zero attached hydrogens (tertiary/aromatic N) is 1. The highest BCUT2D eigenvalue weighted by molar-refractivity contribution is 5.99. The second-order valence-electron chi connectivity index (χ2n) is 4.19. The van der Waals surface area contributed by atoms with Gasteiger partial charge in [0.1, 0.15) is 0 Å². The first-order valence-corrected chi connectivity index (χ1v) is 5.79. The standard InChI is InChI=1S/C14H20N2O/c1-4-5-6-10-16(3)14(17)12-9-7-8-11(2)13(12)15/h4,7-9H,1,5-6,10,15H2,2-3H3. The summed E-state index contributed by atoms with van der Waals surface area (Å²) in [5.74, 6) is -0.0183. The molecule has 0 aliphatic heterocycles. The molecule has 0 bridgehead atoms. The third kappa shape index (κ3) is 3.34. The summed E-state index contributed by atoms with van der Waals surface area (Å²) in [7, 11) is 1.80. The Hall–Kier alpha value is -1.77. The van der Waals surface area contributed by atoms with Crippen molar-refractivity contribution in [2.75, 3.05) is 19.3 Å². The second kappa shape index (κ2) is 6.09. The van der Waals surface area contributed by atoms with Gasteiger partial charge in [0.2, 0.25) is 0 Å². The predicted molar refractivity (Wildman–Crippen MR) is 72.0 cm³/mol. The molecule has 1 rings (SSSR count). The van der Waals surface area contributed by atoms with Gasteiger partial charge in [0, 0.05) is 19.3 Å². The monoisotopic (exact) mass is 232 g/mol. The highest BCUT2D eigenvalue weighted by Crippen LogP contribution is 2.18. The Morgan fingerprint density at radius 3 is 2.88 bits per heavy atom. The minimum Gasteiger partial charge on any atom is -0.398 e. The van der Waals surface area contributed by atoms with Crippen LogP contribution in [0.2, 0.25) is 0 Å². The van der Waals surface area contributed by atoms with Gasteiger partial charge >= 0.3 is 0 Å². The first-order chi connectivity index (χ1) is 8.07. The predicted octanol–water partition coefficient (Wildman–Crippen LogP) is 2.62. The van der Waals surface area contributed by atoms with E-state index in [1.807, 2.05) is 25.1 Å². The molecule has 0 aliphatic rings. The maximum absolute atomic E-state index is 12.1. The quantitative estimate of drug-likeness (QED) is 0.482. The molecule has 0 spiro atoms. The van der Waals surface area contributed by atoms with Crippen LogP contribution in [0.3, 0.4) is 0 Å². The molecule has 0 radical (unpaired) electrons. The highest BCUT2D eigenvalue weighted by Gasteiger charge is 2.14. The van der Waals surface area contributed by atoms with Crippen molar-refractivity contribution < 1.29 is 4.79 Å². The van der Waals surface area contributed by atoms with Crippen LogP contribution in [0.1, 0.15) is 28.8 Å². The molecule has 0 fully saturated rings. The summed E-state index contributed by atoms with van der Waals surface area (Å²) in [5, 5.41) is 0. The van der Waals surface area contributed by atoms with Crippen molar-refractivity contribution in [1.29, 1.82) is 0 Å². The average Bonchev–Trinajstić information content (AvgIpc) is 2.32. The van der Waals surface area contributed by atoms with Crippen molar-refractivity contribution in [1.82, 2.24) is 4.90 Å². The zero-order valence-electron chi connectivity index (χ0n) is 10.6. The Bertz CT molecular complexity index is 413. The molecule has 0 saturated carbocycles. The lowest BCUT2D eigenvalue weighted by atomic mass is 10.1. The summed E-state index contributed by atoms with van der Waals surface area (Å²) in [6, 6.07) is 5.54. The number of unbranched alkanes of at least 4 members (excludes halogenated alkanes) is 1. The summed E-state index contributed by atoms with van der Waals surface area (Å²) in [6.07, 6.45) is 3.71. The molecular formula is C14H20N2O. The largest absolute Gasteiger partial charge is 0.398 e. The number of nitrogen functional groups attached to an aromatic ring is 1. The van der Waals surface area contributed by atoms with Crippen LogP contribution in [0.4, 0.5) is 5.69 Å². The number of amides is 1. The van der Waals surface area contributed by atoms with E-state index in [1.165, 1.54) is 0 Å². The zero-order chi connectivity index (χ0) is 12.8. The molecule has 0 unspecified atom stereocenters. The van der Waals surface area contributed by atoms with E-state index in [1.54, 1.807) is 18.0 Å². The van der Waals surface area contributed by atoms with Crippen LogP contribution in [-0.2, 0) is 0 Å². The average molecular weight is 232 g/mol.